The number of carboxylic acid groups (broad SMARTS) is 1. The van der Waals surface area contributed by atoms with E-state index in [9.17, 15) is 9.90 Å². The molecule has 1 unspecified atom stereocenters. The zero-order chi connectivity index (χ0) is 14.1. The zero-order valence-electron chi connectivity index (χ0n) is 11.2. The van der Waals surface area contributed by atoms with Gasteiger partial charge in [0.05, 0.1) is 5.52 Å². The number of hydrogen-bond donors (Lipinski definition) is 3. The number of anilines is 1. The summed E-state index contributed by atoms with van der Waals surface area (Å²) in [6.07, 6.45) is 5.96. The lowest BCUT2D eigenvalue weighted by Crippen LogP contribution is -2.36. The van der Waals surface area contributed by atoms with Crippen LogP contribution in [-0.4, -0.2) is 33.0 Å². The van der Waals surface area contributed by atoms with Gasteiger partial charge in [-0.2, -0.15) is 0 Å². The van der Waals surface area contributed by atoms with Gasteiger partial charge in [-0.3, -0.25) is 0 Å². The number of nitrogens with two attached hydrogens (primary N) is 1. The number of pyridine rings is 1. The summed E-state index contributed by atoms with van der Waals surface area (Å²) in [4.78, 5) is 15.6. The van der Waals surface area contributed by atoms with Crippen molar-refractivity contribution in [2.45, 2.75) is 31.7 Å². The lowest BCUT2D eigenvalue weighted by Gasteiger charge is -2.22. The number of aromatic carboxylic acids is 1. The van der Waals surface area contributed by atoms with Gasteiger partial charge in [0.2, 0.25) is 0 Å². The molecule has 1 saturated heterocycles. The molecule has 0 bridgehead atoms. The lowest BCUT2D eigenvalue weighted by atomic mass is 10.0. The van der Waals surface area contributed by atoms with E-state index in [1.54, 1.807) is 22.7 Å². The zero-order valence-corrected chi connectivity index (χ0v) is 11.2. The number of rotatable bonds is 3. The molecule has 106 valence electrons. The van der Waals surface area contributed by atoms with Crippen molar-refractivity contribution in [1.29, 1.82) is 0 Å². The van der Waals surface area contributed by atoms with E-state index in [4.69, 9.17) is 5.73 Å². The molecule has 6 heteroatoms. The van der Waals surface area contributed by atoms with Crippen molar-refractivity contribution in [3.8, 4) is 0 Å². The first kappa shape index (κ1) is 12.9. The van der Waals surface area contributed by atoms with Crippen LogP contribution in [0.4, 0.5) is 5.69 Å². The Morgan fingerprint density at radius 1 is 1.50 bits per heavy atom. The minimum Gasteiger partial charge on any atom is -0.476 e. The van der Waals surface area contributed by atoms with Crippen LogP contribution in [0.2, 0.25) is 0 Å². The third kappa shape index (κ3) is 2.34. The molecule has 0 aliphatic carbocycles. The Morgan fingerprint density at radius 3 is 3.05 bits per heavy atom. The largest absolute Gasteiger partial charge is 0.476 e. The smallest absolute Gasteiger partial charge is 0.356 e. The minimum absolute atomic E-state index is 0.0933. The molecule has 4 N–H and O–H groups in total. The molecular formula is C14H18N4O2. The van der Waals surface area contributed by atoms with Gasteiger partial charge in [-0.05, 0) is 31.5 Å². The first-order valence-corrected chi connectivity index (χ1v) is 6.88. The summed E-state index contributed by atoms with van der Waals surface area (Å²) in [6.45, 7) is 1.02. The molecule has 0 aromatic carbocycles. The second-order valence-corrected chi connectivity index (χ2v) is 5.25. The molecule has 20 heavy (non-hydrogen) atoms. The maximum absolute atomic E-state index is 11.3. The second-order valence-electron chi connectivity index (χ2n) is 5.25. The highest BCUT2D eigenvalue weighted by atomic mass is 16.4. The van der Waals surface area contributed by atoms with Crippen molar-refractivity contribution in [3.63, 3.8) is 0 Å². The molecular weight excluding hydrogens is 256 g/mol. The van der Waals surface area contributed by atoms with E-state index in [1.165, 1.54) is 12.8 Å². The first-order valence-electron chi connectivity index (χ1n) is 6.88. The van der Waals surface area contributed by atoms with Crippen molar-refractivity contribution < 1.29 is 9.90 Å². The van der Waals surface area contributed by atoms with E-state index in [2.05, 4.69) is 10.3 Å². The Morgan fingerprint density at radius 2 is 2.35 bits per heavy atom. The molecule has 0 amide bonds. The molecule has 1 fully saturated rings. The van der Waals surface area contributed by atoms with Gasteiger partial charge < -0.3 is 20.6 Å². The molecule has 0 radical (unpaired) electrons. The van der Waals surface area contributed by atoms with Crippen LogP contribution in [0.15, 0.2) is 18.3 Å². The summed E-state index contributed by atoms with van der Waals surface area (Å²) in [7, 11) is 0. The molecule has 0 saturated carbocycles. The van der Waals surface area contributed by atoms with Gasteiger partial charge in [0, 0.05) is 24.3 Å². The average molecular weight is 274 g/mol. The third-order valence-corrected chi connectivity index (χ3v) is 3.78. The number of nitrogen functional groups attached to an aromatic ring is 1. The highest BCUT2D eigenvalue weighted by Crippen LogP contribution is 2.19. The fourth-order valence-electron chi connectivity index (χ4n) is 2.78. The van der Waals surface area contributed by atoms with Crippen molar-refractivity contribution in [3.05, 3.63) is 29.8 Å². The Hall–Kier alpha value is -2.08. The summed E-state index contributed by atoms with van der Waals surface area (Å²) in [5.74, 6) is -0.251. The van der Waals surface area contributed by atoms with Crippen LogP contribution < -0.4 is 11.1 Å². The van der Waals surface area contributed by atoms with Gasteiger partial charge in [0.15, 0.2) is 5.69 Å². The number of carboxylic acids is 1. The van der Waals surface area contributed by atoms with Crippen LogP contribution in [0.25, 0.3) is 5.52 Å². The van der Waals surface area contributed by atoms with E-state index >= 15 is 0 Å². The molecule has 2 aromatic rings. The topological polar surface area (TPSA) is 92.7 Å². The quantitative estimate of drug-likeness (QED) is 0.784. The van der Waals surface area contributed by atoms with E-state index in [0.717, 1.165) is 25.2 Å². The summed E-state index contributed by atoms with van der Waals surface area (Å²) < 4.78 is 1.80. The highest BCUT2D eigenvalue weighted by Gasteiger charge is 2.20. The van der Waals surface area contributed by atoms with Gasteiger partial charge >= 0.3 is 5.97 Å². The number of nitrogens with one attached hydrogen (secondary N) is 1. The Labute approximate surface area is 116 Å². The van der Waals surface area contributed by atoms with Gasteiger partial charge in [-0.15, -0.1) is 0 Å². The van der Waals surface area contributed by atoms with Crippen molar-refractivity contribution in [1.82, 2.24) is 14.7 Å². The summed E-state index contributed by atoms with van der Waals surface area (Å²) in [6, 6.07) is 3.77. The average Bonchev–Trinajstić information content (AvgIpc) is 2.78. The lowest BCUT2D eigenvalue weighted by molar-refractivity contribution is 0.0693. The number of nitrogens with zero attached hydrogens (tertiary/aromatic N) is 2. The third-order valence-electron chi connectivity index (χ3n) is 3.78. The number of carbonyl (C=O) groups is 1. The maximum atomic E-state index is 11.3. The summed E-state index contributed by atoms with van der Waals surface area (Å²) in [5.41, 5.74) is 7.09. The molecule has 1 aliphatic heterocycles. The van der Waals surface area contributed by atoms with Crippen LogP contribution in [0.1, 0.15) is 35.6 Å². The minimum atomic E-state index is -1.00. The van der Waals surface area contributed by atoms with Crippen LogP contribution in [0, 0.1) is 0 Å². The van der Waals surface area contributed by atoms with Crippen LogP contribution in [0.5, 0.6) is 0 Å². The predicted octanol–water partition coefficient (Wildman–Crippen LogP) is 1.30. The summed E-state index contributed by atoms with van der Waals surface area (Å²) in [5, 5.41) is 12.7. The Kier molecular flexibility index (Phi) is 3.31. The van der Waals surface area contributed by atoms with E-state index in [0.29, 0.717) is 17.2 Å². The van der Waals surface area contributed by atoms with E-state index in [-0.39, 0.29) is 5.69 Å². The SMILES string of the molecule is Nc1ccc2c(C(=O)O)nc(CC3CCCCN3)n2c1. The van der Waals surface area contributed by atoms with E-state index in [1.807, 2.05) is 0 Å². The number of aromatic nitrogens is 2. The van der Waals surface area contributed by atoms with E-state index < -0.39 is 5.97 Å². The predicted molar refractivity (Wildman–Crippen MR) is 75.9 cm³/mol. The maximum Gasteiger partial charge on any atom is 0.356 e. The number of hydrogen-bond acceptors (Lipinski definition) is 4. The van der Waals surface area contributed by atoms with Crippen LogP contribution >= 0.6 is 0 Å². The Bertz CT molecular complexity index is 644. The molecule has 2 aromatic heterocycles. The van der Waals surface area contributed by atoms with Crippen molar-refractivity contribution in [2.75, 3.05) is 12.3 Å². The molecule has 6 nitrogen and oxygen atoms in total. The molecule has 3 heterocycles. The van der Waals surface area contributed by atoms with Crippen LogP contribution in [0.3, 0.4) is 0 Å². The monoisotopic (exact) mass is 274 g/mol. The molecule has 0 spiro atoms. The standard InChI is InChI=1S/C14H18N4O2/c15-9-4-5-11-13(14(19)20)17-12(18(11)8-9)7-10-3-1-2-6-16-10/h4-5,8,10,16H,1-3,6-7,15H2,(H,19,20). The molecule has 1 aliphatic rings. The van der Waals surface area contributed by atoms with Crippen molar-refractivity contribution in [2.24, 2.45) is 0 Å². The number of imidazole rings is 1. The number of piperidine rings is 1. The Balaban J connectivity index is 2.00. The fraction of sp³-hybridized carbons (Fsp3) is 0.429. The van der Waals surface area contributed by atoms with Gasteiger partial charge in [-0.1, -0.05) is 6.42 Å². The van der Waals surface area contributed by atoms with Crippen molar-refractivity contribution >= 4 is 17.2 Å². The normalized spacial score (nSPS) is 19.3. The van der Waals surface area contributed by atoms with Gasteiger partial charge in [0.25, 0.3) is 0 Å². The van der Waals surface area contributed by atoms with Gasteiger partial charge in [0.1, 0.15) is 5.82 Å². The number of fused-ring (bicyclic) bond motifs is 1. The summed E-state index contributed by atoms with van der Waals surface area (Å²) >= 11 is 0. The second kappa shape index (κ2) is 5.13. The molecule has 1 atom stereocenters. The fourth-order valence-corrected chi connectivity index (χ4v) is 2.78. The highest BCUT2D eigenvalue weighted by molar-refractivity contribution is 5.93. The van der Waals surface area contributed by atoms with Crippen LogP contribution in [-0.2, 0) is 6.42 Å². The van der Waals surface area contributed by atoms with Gasteiger partial charge in [-0.25, -0.2) is 9.78 Å². The first-order chi connectivity index (χ1) is 9.65. The molecule has 3 rings (SSSR count).